The first-order valence-electron chi connectivity index (χ1n) is 5.05. The highest BCUT2D eigenvalue weighted by molar-refractivity contribution is 5.76. The van der Waals surface area contributed by atoms with E-state index in [1.165, 1.54) is 0 Å². The first-order chi connectivity index (χ1) is 6.78. The number of allylic oxidation sites excluding steroid dienone is 1. The van der Waals surface area contributed by atoms with E-state index < -0.39 is 23.7 Å². The first kappa shape index (κ1) is 14.1. The van der Waals surface area contributed by atoms with Crippen molar-refractivity contribution in [3.8, 4) is 0 Å². The van der Waals surface area contributed by atoms with Crippen LogP contribution in [0, 0.1) is 0 Å². The zero-order chi connectivity index (χ0) is 12.1. The Morgan fingerprint density at radius 2 is 2.13 bits per heavy atom. The smallest absolute Gasteiger partial charge is 0.326 e. The van der Waals surface area contributed by atoms with E-state index in [-0.39, 0.29) is 0 Å². The number of ether oxygens (including phenoxy) is 1. The maximum absolute atomic E-state index is 11.4. The zero-order valence-electron chi connectivity index (χ0n) is 9.69. The molecule has 0 radical (unpaired) electrons. The third-order valence-corrected chi connectivity index (χ3v) is 1.76. The van der Waals surface area contributed by atoms with Gasteiger partial charge in [0.05, 0.1) is 6.10 Å². The van der Waals surface area contributed by atoms with Gasteiger partial charge in [-0.05, 0) is 33.6 Å². The Balaban J connectivity index is 4.13. The minimum atomic E-state index is -0.982. The summed E-state index contributed by atoms with van der Waals surface area (Å²) in [6, 6.07) is -0.982. The first-order valence-corrected chi connectivity index (χ1v) is 5.05. The standard InChI is InChI=1S/C11H21NO3/c1-5-6-7-8(13)9(12)10(14)15-11(2,3)4/h5,8-9,13H,1,6-7,12H2,2-4H3/t8-,9-/m1/s1. The summed E-state index contributed by atoms with van der Waals surface area (Å²) < 4.78 is 5.05. The maximum atomic E-state index is 11.4. The second-order valence-electron chi connectivity index (χ2n) is 4.49. The number of aliphatic hydroxyl groups excluding tert-OH is 1. The molecule has 0 aromatic heterocycles. The lowest BCUT2D eigenvalue weighted by molar-refractivity contribution is -0.159. The molecular weight excluding hydrogens is 194 g/mol. The van der Waals surface area contributed by atoms with Gasteiger partial charge in [-0.2, -0.15) is 0 Å². The van der Waals surface area contributed by atoms with Crippen LogP contribution in [0.4, 0.5) is 0 Å². The molecule has 0 rings (SSSR count). The summed E-state index contributed by atoms with van der Waals surface area (Å²) in [6.45, 7) is 8.80. The van der Waals surface area contributed by atoms with Crippen molar-refractivity contribution in [1.82, 2.24) is 0 Å². The van der Waals surface area contributed by atoms with E-state index in [2.05, 4.69) is 6.58 Å². The van der Waals surface area contributed by atoms with Crippen LogP contribution in [-0.4, -0.2) is 28.8 Å². The molecule has 0 heterocycles. The molecule has 0 unspecified atom stereocenters. The lowest BCUT2D eigenvalue weighted by Gasteiger charge is -2.24. The van der Waals surface area contributed by atoms with Crippen LogP contribution in [0.5, 0.6) is 0 Å². The van der Waals surface area contributed by atoms with E-state index in [0.717, 1.165) is 0 Å². The molecule has 0 aliphatic carbocycles. The predicted octanol–water partition coefficient (Wildman–Crippen LogP) is 0.982. The molecule has 0 fully saturated rings. The Labute approximate surface area is 91.1 Å². The number of esters is 1. The molecule has 0 saturated heterocycles. The second kappa shape index (κ2) is 5.88. The summed E-state index contributed by atoms with van der Waals surface area (Å²) in [4.78, 5) is 11.4. The molecule has 0 spiro atoms. The highest BCUT2D eigenvalue weighted by atomic mass is 16.6. The van der Waals surface area contributed by atoms with Crippen molar-refractivity contribution in [2.45, 2.75) is 51.4 Å². The van der Waals surface area contributed by atoms with E-state index in [0.29, 0.717) is 12.8 Å². The van der Waals surface area contributed by atoms with Crippen LogP contribution in [0.3, 0.4) is 0 Å². The van der Waals surface area contributed by atoms with Crippen molar-refractivity contribution >= 4 is 5.97 Å². The Bertz CT molecular complexity index is 220. The van der Waals surface area contributed by atoms with Gasteiger partial charge < -0.3 is 15.6 Å². The minimum absolute atomic E-state index is 0.421. The summed E-state index contributed by atoms with van der Waals surface area (Å²) in [5, 5.41) is 9.54. The molecule has 4 nitrogen and oxygen atoms in total. The summed E-state index contributed by atoms with van der Waals surface area (Å²) in [7, 11) is 0. The van der Waals surface area contributed by atoms with Crippen LogP contribution < -0.4 is 5.73 Å². The number of hydrogen-bond donors (Lipinski definition) is 2. The molecule has 88 valence electrons. The monoisotopic (exact) mass is 215 g/mol. The van der Waals surface area contributed by atoms with E-state index in [4.69, 9.17) is 10.5 Å². The van der Waals surface area contributed by atoms with Gasteiger partial charge in [0.25, 0.3) is 0 Å². The van der Waals surface area contributed by atoms with Gasteiger partial charge in [0.15, 0.2) is 0 Å². The van der Waals surface area contributed by atoms with Gasteiger partial charge in [0.2, 0.25) is 0 Å². The SMILES string of the molecule is C=CCC[C@@H](O)[C@@H](N)C(=O)OC(C)(C)C. The molecule has 0 saturated carbocycles. The topological polar surface area (TPSA) is 72.5 Å². The van der Waals surface area contributed by atoms with Crippen molar-refractivity contribution in [3.05, 3.63) is 12.7 Å². The fourth-order valence-electron chi connectivity index (χ4n) is 0.995. The average molecular weight is 215 g/mol. The number of rotatable bonds is 5. The van der Waals surface area contributed by atoms with E-state index in [9.17, 15) is 9.90 Å². The molecule has 2 atom stereocenters. The van der Waals surface area contributed by atoms with Crippen LogP contribution >= 0.6 is 0 Å². The second-order valence-corrected chi connectivity index (χ2v) is 4.49. The minimum Gasteiger partial charge on any atom is -0.459 e. The average Bonchev–Trinajstić information content (AvgIpc) is 2.10. The van der Waals surface area contributed by atoms with Crippen LogP contribution in [0.15, 0.2) is 12.7 Å². The van der Waals surface area contributed by atoms with Gasteiger partial charge in [-0.25, -0.2) is 0 Å². The number of hydrogen-bond acceptors (Lipinski definition) is 4. The molecule has 0 aliphatic heterocycles. The summed E-state index contributed by atoms with van der Waals surface area (Å²) >= 11 is 0. The number of nitrogens with two attached hydrogens (primary N) is 1. The molecular formula is C11H21NO3. The van der Waals surface area contributed by atoms with Gasteiger partial charge in [-0.1, -0.05) is 6.08 Å². The Morgan fingerprint density at radius 1 is 1.60 bits per heavy atom. The van der Waals surface area contributed by atoms with Crippen LogP contribution in [-0.2, 0) is 9.53 Å². The lowest BCUT2D eigenvalue weighted by Crippen LogP contribution is -2.45. The highest BCUT2D eigenvalue weighted by Gasteiger charge is 2.27. The van der Waals surface area contributed by atoms with Crippen LogP contribution in [0.25, 0.3) is 0 Å². The highest BCUT2D eigenvalue weighted by Crippen LogP contribution is 2.10. The molecule has 0 amide bonds. The third kappa shape index (κ3) is 6.25. The summed E-state index contributed by atoms with van der Waals surface area (Å²) in [5.74, 6) is -0.570. The van der Waals surface area contributed by atoms with E-state index >= 15 is 0 Å². The molecule has 4 heteroatoms. The molecule has 3 N–H and O–H groups in total. The summed E-state index contributed by atoms with van der Waals surface area (Å²) in [5.41, 5.74) is 4.97. The van der Waals surface area contributed by atoms with Gasteiger partial charge >= 0.3 is 5.97 Å². The normalized spacial score (nSPS) is 15.5. The van der Waals surface area contributed by atoms with Gasteiger partial charge in [-0.3, -0.25) is 4.79 Å². The van der Waals surface area contributed by atoms with E-state index in [1.807, 2.05) is 0 Å². The Morgan fingerprint density at radius 3 is 2.53 bits per heavy atom. The lowest BCUT2D eigenvalue weighted by atomic mass is 10.1. The van der Waals surface area contributed by atoms with Gasteiger partial charge in [-0.15, -0.1) is 6.58 Å². The largest absolute Gasteiger partial charge is 0.459 e. The maximum Gasteiger partial charge on any atom is 0.326 e. The van der Waals surface area contributed by atoms with Crippen molar-refractivity contribution in [2.24, 2.45) is 5.73 Å². The third-order valence-electron chi connectivity index (χ3n) is 1.76. The van der Waals surface area contributed by atoms with Crippen molar-refractivity contribution in [2.75, 3.05) is 0 Å². The van der Waals surface area contributed by atoms with E-state index in [1.54, 1.807) is 26.8 Å². The van der Waals surface area contributed by atoms with Crippen LogP contribution in [0.2, 0.25) is 0 Å². The molecule has 15 heavy (non-hydrogen) atoms. The summed E-state index contributed by atoms with van der Waals surface area (Å²) in [6.07, 6.45) is 1.84. The Hall–Kier alpha value is -0.870. The fourth-order valence-corrected chi connectivity index (χ4v) is 0.995. The number of carbonyl (C=O) groups is 1. The number of carbonyl (C=O) groups excluding carboxylic acids is 1. The molecule has 0 aliphatic rings. The van der Waals surface area contributed by atoms with Crippen molar-refractivity contribution < 1.29 is 14.6 Å². The predicted molar refractivity (Wildman–Crippen MR) is 59.3 cm³/mol. The van der Waals surface area contributed by atoms with Gasteiger partial charge in [0.1, 0.15) is 11.6 Å². The molecule has 0 aromatic rings. The van der Waals surface area contributed by atoms with Crippen molar-refractivity contribution in [1.29, 1.82) is 0 Å². The zero-order valence-corrected chi connectivity index (χ0v) is 9.69. The quantitative estimate of drug-likeness (QED) is 0.529. The Kier molecular flexibility index (Phi) is 5.54. The van der Waals surface area contributed by atoms with Crippen molar-refractivity contribution in [3.63, 3.8) is 0 Å². The molecule has 0 aromatic carbocycles. The fraction of sp³-hybridized carbons (Fsp3) is 0.727. The molecule has 0 bridgehead atoms. The van der Waals surface area contributed by atoms with Crippen LogP contribution in [0.1, 0.15) is 33.6 Å². The number of aliphatic hydroxyl groups is 1. The van der Waals surface area contributed by atoms with Gasteiger partial charge in [0, 0.05) is 0 Å².